The van der Waals surface area contributed by atoms with Gasteiger partial charge in [-0.25, -0.2) is 0 Å². The Morgan fingerprint density at radius 2 is 2.11 bits per heavy atom. The van der Waals surface area contributed by atoms with Gasteiger partial charge in [0.25, 0.3) is 0 Å². The summed E-state index contributed by atoms with van der Waals surface area (Å²) in [5.74, 6) is 1.51. The molecule has 7 heteroatoms. The predicted molar refractivity (Wildman–Crippen MR) is 76.8 cm³/mol. The Balaban J connectivity index is 1.91. The molecule has 2 rings (SSSR count). The van der Waals surface area contributed by atoms with E-state index in [4.69, 9.17) is 0 Å². The molecule has 0 radical (unpaired) electrons. The maximum absolute atomic E-state index is 11.9. The average Bonchev–Trinajstić information content (AvgIpc) is 2.96. The van der Waals surface area contributed by atoms with Crippen molar-refractivity contribution in [3.05, 3.63) is 24.0 Å². The van der Waals surface area contributed by atoms with Crippen molar-refractivity contribution in [2.45, 2.75) is 15.6 Å². The summed E-state index contributed by atoms with van der Waals surface area (Å²) in [6, 6.07) is 3.71. The largest absolute Gasteiger partial charge is 0.348 e. The van der Waals surface area contributed by atoms with Crippen molar-refractivity contribution in [2.24, 2.45) is 7.05 Å². The molecule has 0 aromatic carbocycles. The molecule has 0 aliphatic heterocycles. The summed E-state index contributed by atoms with van der Waals surface area (Å²) in [6.07, 6.45) is 1.87. The second-order valence-corrected chi connectivity index (χ2v) is 7.19. The topological polar surface area (TPSA) is 47.8 Å². The van der Waals surface area contributed by atoms with Gasteiger partial charge in [-0.15, -0.1) is 10.2 Å². The van der Waals surface area contributed by atoms with Gasteiger partial charge in [0.2, 0.25) is 0 Å². The van der Waals surface area contributed by atoms with Crippen LogP contribution in [0.1, 0.15) is 17.4 Å². The van der Waals surface area contributed by atoms with Crippen LogP contribution in [-0.4, -0.2) is 32.1 Å². The molecule has 0 spiro atoms. The van der Waals surface area contributed by atoms with E-state index in [0.29, 0.717) is 5.75 Å². The lowest BCUT2D eigenvalue weighted by Crippen LogP contribution is -2.07. The molecule has 0 aliphatic rings. The van der Waals surface area contributed by atoms with Crippen molar-refractivity contribution in [2.75, 3.05) is 11.5 Å². The molecule has 0 aliphatic carbocycles. The van der Waals surface area contributed by atoms with Crippen LogP contribution in [0.15, 0.2) is 27.0 Å². The molecule has 0 unspecified atom stereocenters. The Hall–Kier alpha value is -0.790. The van der Waals surface area contributed by atoms with E-state index in [1.165, 1.54) is 11.8 Å². The number of aromatic nitrogens is 3. The molecule has 2 heterocycles. The lowest BCUT2D eigenvalue weighted by molar-refractivity contribution is 0.101. The number of carbonyl (C=O) groups excluding carboxylic acids is 1. The maximum Gasteiger partial charge on any atom is 0.189 e. The minimum Gasteiger partial charge on any atom is -0.348 e. The lowest BCUT2D eigenvalue weighted by atomic mass is 10.3. The van der Waals surface area contributed by atoms with Gasteiger partial charge in [0.1, 0.15) is 0 Å². The summed E-state index contributed by atoms with van der Waals surface area (Å²) in [5, 5.41) is 8.12. The second kappa shape index (κ2) is 6.40. The second-order valence-electron chi connectivity index (χ2n) is 3.48. The number of nitrogens with zero attached hydrogens (tertiary/aromatic N) is 3. The van der Waals surface area contributed by atoms with Gasteiger partial charge in [0.05, 0.1) is 11.4 Å². The third-order valence-corrected chi connectivity index (χ3v) is 5.28. The fraction of sp³-hybridized carbons (Fsp3) is 0.364. The molecule has 0 amide bonds. The molecule has 18 heavy (non-hydrogen) atoms. The van der Waals surface area contributed by atoms with Gasteiger partial charge in [-0.2, -0.15) is 0 Å². The average molecular weight is 299 g/mol. The number of aryl methyl sites for hydroxylation is 1. The van der Waals surface area contributed by atoms with Crippen LogP contribution in [0.3, 0.4) is 0 Å². The fourth-order valence-corrected chi connectivity index (χ4v) is 4.18. The van der Waals surface area contributed by atoms with Gasteiger partial charge in [0.15, 0.2) is 14.5 Å². The number of hydrogen-bond donors (Lipinski definition) is 0. The van der Waals surface area contributed by atoms with Gasteiger partial charge >= 0.3 is 0 Å². The smallest absolute Gasteiger partial charge is 0.189 e. The number of Topliss-reactive ketones (excluding diaryl/α,β-unsaturated/α-hetero) is 1. The van der Waals surface area contributed by atoms with Gasteiger partial charge in [-0.1, -0.05) is 41.8 Å². The first-order valence-corrected chi connectivity index (χ1v) is 8.23. The first-order chi connectivity index (χ1) is 8.70. The highest BCUT2D eigenvalue weighted by molar-refractivity contribution is 8.03. The van der Waals surface area contributed by atoms with E-state index in [0.717, 1.165) is 20.1 Å². The van der Waals surface area contributed by atoms with Gasteiger partial charge in [-0.05, 0) is 17.9 Å². The molecule has 2 aromatic heterocycles. The van der Waals surface area contributed by atoms with E-state index in [1.54, 1.807) is 23.1 Å². The van der Waals surface area contributed by atoms with E-state index in [9.17, 15) is 4.79 Å². The summed E-state index contributed by atoms with van der Waals surface area (Å²) < 4.78 is 3.65. The molecule has 0 atom stereocenters. The number of thioether (sulfide) groups is 2. The van der Waals surface area contributed by atoms with Crippen LogP contribution in [0.5, 0.6) is 0 Å². The number of carbonyl (C=O) groups is 1. The number of hydrogen-bond acceptors (Lipinski definition) is 6. The zero-order chi connectivity index (χ0) is 13.0. The zero-order valence-electron chi connectivity index (χ0n) is 10.1. The Kier molecular flexibility index (Phi) is 4.85. The van der Waals surface area contributed by atoms with Crippen molar-refractivity contribution in [3.63, 3.8) is 0 Å². The number of rotatable bonds is 6. The summed E-state index contributed by atoms with van der Waals surface area (Å²) in [7, 11) is 1.87. The van der Waals surface area contributed by atoms with Crippen molar-refractivity contribution in [1.82, 2.24) is 14.8 Å². The molecular formula is C11H13N3OS3. The summed E-state index contributed by atoms with van der Waals surface area (Å²) in [4.78, 5) is 11.9. The standard InChI is InChI=1S/C11H13N3OS3/c1-3-16-10-12-13-11(18-10)17-7-9(15)8-5-4-6-14(8)2/h4-6H,3,7H2,1-2H3. The molecule has 96 valence electrons. The van der Waals surface area contributed by atoms with Crippen LogP contribution in [0.2, 0.25) is 0 Å². The Labute approximate surface area is 118 Å². The Morgan fingerprint density at radius 3 is 2.72 bits per heavy atom. The monoisotopic (exact) mass is 299 g/mol. The van der Waals surface area contributed by atoms with Crippen LogP contribution < -0.4 is 0 Å². The Bertz CT molecular complexity index is 535. The fourth-order valence-electron chi connectivity index (χ4n) is 1.39. The molecule has 2 aromatic rings. The lowest BCUT2D eigenvalue weighted by Gasteiger charge is -2.00. The molecule has 0 saturated carbocycles. The number of ketones is 1. The molecule has 0 saturated heterocycles. The van der Waals surface area contributed by atoms with Crippen LogP contribution >= 0.6 is 34.9 Å². The summed E-state index contributed by atoms with van der Waals surface area (Å²) in [5.41, 5.74) is 0.732. The minimum atomic E-state index is 0.118. The Morgan fingerprint density at radius 1 is 1.39 bits per heavy atom. The highest BCUT2D eigenvalue weighted by atomic mass is 32.2. The summed E-state index contributed by atoms with van der Waals surface area (Å²) >= 11 is 4.67. The van der Waals surface area contributed by atoms with Crippen LogP contribution in [0, 0.1) is 0 Å². The van der Waals surface area contributed by atoms with Crippen molar-refractivity contribution in [3.8, 4) is 0 Å². The van der Waals surface area contributed by atoms with E-state index in [1.807, 2.05) is 29.9 Å². The first-order valence-electron chi connectivity index (χ1n) is 5.44. The molecule has 4 nitrogen and oxygen atoms in total. The third-order valence-electron chi connectivity index (χ3n) is 2.21. The zero-order valence-corrected chi connectivity index (χ0v) is 12.6. The van der Waals surface area contributed by atoms with E-state index in [-0.39, 0.29) is 5.78 Å². The molecule has 0 fully saturated rings. The first kappa shape index (κ1) is 13.6. The molecular weight excluding hydrogens is 286 g/mol. The van der Waals surface area contributed by atoms with Gasteiger partial charge in [-0.3, -0.25) is 4.79 Å². The van der Waals surface area contributed by atoms with Crippen molar-refractivity contribution < 1.29 is 4.79 Å². The van der Waals surface area contributed by atoms with Gasteiger partial charge < -0.3 is 4.57 Å². The van der Waals surface area contributed by atoms with Crippen LogP contribution in [0.25, 0.3) is 0 Å². The van der Waals surface area contributed by atoms with Gasteiger partial charge in [0, 0.05) is 13.2 Å². The maximum atomic E-state index is 11.9. The van der Waals surface area contributed by atoms with Crippen LogP contribution in [0.4, 0.5) is 0 Å². The van der Waals surface area contributed by atoms with E-state index in [2.05, 4.69) is 17.1 Å². The van der Waals surface area contributed by atoms with Crippen molar-refractivity contribution in [1.29, 1.82) is 0 Å². The highest BCUT2D eigenvalue weighted by Crippen LogP contribution is 2.28. The third kappa shape index (κ3) is 3.37. The van der Waals surface area contributed by atoms with E-state index < -0.39 is 0 Å². The van der Waals surface area contributed by atoms with Crippen molar-refractivity contribution >= 4 is 40.6 Å². The molecule has 0 bridgehead atoms. The quantitative estimate of drug-likeness (QED) is 0.606. The highest BCUT2D eigenvalue weighted by Gasteiger charge is 2.11. The van der Waals surface area contributed by atoms with Crippen LogP contribution in [-0.2, 0) is 7.05 Å². The predicted octanol–water partition coefficient (Wildman–Crippen LogP) is 2.96. The minimum absolute atomic E-state index is 0.118. The van der Waals surface area contributed by atoms with E-state index >= 15 is 0 Å². The molecule has 0 N–H and O–H groups in total. The normalized spacial score (nSPS) is 10.8. The SMILES string of the molecule is CCSc1nnc(SCC(=O)c2cccn2C)s1. The summed E-state index contributed by atoms with van der Waals surface area (Å²) in [6.45, 7) is 2.08.